The Kier molecular flexibility index (Phi) is 5.00. The molecule has 5 nitrogen and oxygen atoms in total. The molecule has 0 spiro atoms. The summed E-state index contributed by atoms with van der Waals surface area (Å²) in [6.45, 7) is 2.07. The molecule has 0 amide bonds. The standard InChI is InChI=1S/C13H15NO4/c1-4-18-13(15)7-9-5-12(17-3)10(8-14)6-11(9)16-2/h5-6H,4,7H2,1-3H3. The van der Waals surface area contributed by atoms with Crippen LogP contribution in [0.2, 0.25) is 0 Å². The van der Waals surface area contributed by atoms with E-state index in [0.717, 1.165) is 0 Å². The summed E-state index contributed by atoms with van der Waals surface area (Å²) in [5, 5.41) is 8.95. The molecular weight excluding hydrogens is 234 g/mol. The fourth-order valence-electron chi connectivity index (χ4n) is 1.55. The zero-order valence-corrected chi connectivity index (χ0v) is 10.6. The van der Waals surface area contributed by atoms with Crippen molar-refractivity contribution in [1.29, 1.82) is 5.26 Å². The average Bonchev–Trinajstić information content (AvgIpc) is 2.38. The molecule has 0 aliphatic rings. The van der Waals surface area contributed by atoms with Crippen LogP contribution in [0.25, 0.3) is 0 Å². The van der Waals surface area contributed by atoms with Crippen LogP contribution in [-0.4, -0.2) is 26.8 Å². The second-order valence-electron chi connectivity index (χ2n) is 3.46. The minimum absolute atomic E-state index is 0.0824. The third-order valence-corrected chi connectivity index (χ3v) is 2.36. The van der Waals surface area contributed by atoms with Crippen LogP contribution in [0, 0.1) is 11.3 Å². The zero-order chi connectivity index (χ0) is 13.5. The van der Waals surface area contributed by atoms with E-state index < -0.39 is 0 Å². The maximum absolute atomic E-state index is 11.5. The Hall–Kier alpha value is -2.22. The van der Waals surface area contributed by atoms with Crippen LogP contribution in [0.4, 0.5) is 0 Å². The van der Waals surface area contributed by atoms with Crippen molar-refractivity contribution in [3.05, 3.63) is 23.3 Å². The summed E-state index contributed by atoms with van der Waals surface area (Å²) in [5.74, 6) is 0.542. The first-order chi connectivity index (χ1) is 8.65. The maximum Gasteiger partial charge on any atom is 0.310 e. The molecule has 0 saturated carbocycles. The van der Waals surface area contributed by atoms with E-state index in [9.17, 15) is 4.79 Å². The third kappa shape index (κ3) is 3.14. The van der Waals surface area contributed by atoms with Crippen LogP contribution in [0.1, 0.15) is 18.1 Å². The number of nitriles is 1. The maximum atomic E-state index is 11.5. The first-order valence-electron chi connectivity index (χ1n) is 5.46. The van der Waals surface area contributed by atoms with Crippen molar-refractivity contribution in [1.82, 2.24) is 0 Å². The third-order valence-electron chi connectivity index (χ3n) is 2.36. The van der Waals surface area contributed by atoms with Gasteiger partial charge >= 0.3 is 5.97 Å². The molecule has 0 heterocycles. The number of ether oxygens (including phenoxy) is 3. The van der Waals surface area contributed by atoms with E-state index in [1.54, 1.807) is 19.1 Å². The second-order valence-corrected chi connectivity index (χ2v) is 3.46. The number of benzene rings is 1. The molecule has 18 heavy (non-hydrogen) atoms. The van der Waals surface area contributed by atoms with Crippen molar-refractivity contribution in [3.8, 4) is 17.6 Å². The molecule has 5 heteroatoms. The summed E-state index contributed by atoms with van der Waals surface area (Å²) in [6.07, 6.45) is 0.0824. The van der Waals surface area contributed by atoms with Gasteiger partial charge in [0.05, 0.1) is 32.8 Å². The van der Waals surface area contributed by atoms with Crippen LogP contribution in [0.5, 0.6) is 11.5 Å². The molecule has 0 fully saturated rings. The van der Waals surface area contributed by atoms with Gasteiger partial charge in [0.15, 0.2) is 0 Å². The number of hydrogen-bond donors (Lipinski definition) is 0. The molecule has 96 valence electrons. The predicted molar refractivity (Wildman–Crippen MR) is 64.6 cm³/mol. The summed E-state index contributed by atoms with van der Waals surface area (Å²) in [5.41, 5.74) is 0.994. The number of rotatable bonds is 5. The van der Waals surface area contributed by atoms with Gasteiger partial charge in [-0.2, -0.15) is 5.26 Å². The molecule has 0 radical (unpaired) electrons. The number of hydrogen-bond acceptors (Lipinski definition) is 5. The highest BCUT2D eigenvalue weighted by Crippen LogP contribution is 2.28. The second kappa shape index (κ2) is 6.50. The molecule has 0 aliphatic heterocycles. The van der Waals surface area contributed by atoms with Gasteiger partial charge in [-0.25, -0.2) is 0 Å². The van der Waals surface area contributed by atoms with Gasteiger partial charge in [-0.1, -0.05) is 0 Å². The lowest BCUT2D eigenvalue weighted by atomic mass is 10.1. The van der Waals surface area contributed by atoms with Crippen molar-refractivity contribution in [2.24, 2.45) is 0 Å². The topological polar surface area (TPSA) is 68.5 Å². The SMILES string of the molecule is CCOC(=O)Cc1cc(OC)c(C#N)cc1OC. The highest BCUT2D eigenvalue weighted by Gasteiger charge is 2.14. The van der Waals surface area contributed by atoms with Gasteiger partial charge in [-0.3, -0.25) is 4.79 Å². The Morgan fingerprint density at radius 2 is 1.94 bits per heavy atom. The van der Waals surface area contributed by atoms with E-state index in [2.05, 4.69) is 0 Å². The van der Waals surface area contributed by atoms with Gasteiger partial charge in [0.2, 0.25) is 0 Å². The number of nitrogens with zero attached hydrogens (tertiary/aromatic N) is 1. The van der Waals surface area contributed by atoms with E-state index in [0.29, 0.717) is 29.2 Å². The van der Waals surface area contributed by atoms with Gasteiger partial charge in [0, 0.05) is 11.6 Å². The van der Waals surface area contributed by atoms with Crippen LogP contribution >= 0.6 is 0 Å². The Balaban J connectivity index is 3.10. The minimum Gasteiger partial charge on any atom is -0.496 e. The number of carbonyl (C=O) groups excluding carboxylic acids is 1. The van der Waals surface area contributed by atoms with Gasteiger partial charge < -0.3 is 14.2 Å². The van der Waals surface area contributed by atoms with Gasteiger partial charge in [0.1, 0.15) is 17.6 Å². The summed E-state index contributed by atoms with van der Waals surface area (Å²) in [7, 11) is 2.95. The lowest BCUT2D eigenvalue weighted by Crippen LogP contribution is -2.09. The Morgan fingerprint density at radius 3 is 2.44 bits per heavy atom. The van der Waals surface area contributed by atoms with Crippen LogP contribution in [-0.2, 0) is 16.0 Å². The van der Waals surface area contributed by atoms with Crippen molar-refractivity contribution in [2.45, 2.75) is 13.3 Å². The summed E-state index contributed by atoms with van der Waals surface area (Å²) in [4.78, 5) is 11.5. The van der Waals surface area contributed by atoms with E-state index >= 15 is 0 Å². The number of esters is 1. The average molecular weight is 249 g/mol. The first kappa shape index (κ1) is 13.8. The lowest BCUT2D eigenvalue weighted by Gasteiger charge is -2.11. The molecule has 1 aromatic carbocycles. The largest absolute Gasteiger partial charge is 0.496 e. The Morgan fingerprint density at radius 1 is 1.28 bits per heavy atom. The molecule has 0 bridgehead atoms. The van der Waals surface area contributed by atoms with E-state index in [1.807, 2.05) is 6.07 Å². The quantitative estimate of drug-likeness (QED) is 0.742. The summed E-state index contributed by atoms with van der Waals surface area (Å²) < 4.78 is 15.1. The smallest absolute Gasteiger partial charge is 0.310 e. The highest BCUT2D eigenvalue weighted by molar-refractivity contribution is 5.74. The first-order valence-corrected chi connectivity index (χ1v) is 5.46. The normalized spacial score (nSPS) is 9.44. The zero-order valence-electron chi connectivity index (χ0n) is 10.6. The number of carbonyl (C=O) groups is 1. The van der Waals surface area contributed by atoms with Crippen LogP contribution < -0.4 is 9.47 Å². The molecule has 1 rings (SSSR count). The van der Waals surface area contributed by atoms with Crippen molar-refractivity contribution in [2.75, 3.05) is 20.8 Å². The molecule has 0 N–H and O–H groups in total. The van der Waals surface area contributed by atoms with Crippen molar-refractivity contribution < 1.29 is 19.0 Å². The van der Waals surface area contributed by atoms with Gasteiger partial charge in [-0.05, 0) is 13.0 Å². The van der Waals surface area contributed by atoms with Crippen LogP contribution in [0.15, 0.2) is 12.1 Å². The molecule has 0 aliphatic carbocycles. The molecule has 0 aromatic heterocycles. The van der Waals surface area contributed by atoms with Crippen molar-refractivity contribution in [3.63, 3.8) is 0 Å². The fourth-order valence-corrected chi connectivity index (χ4v) is 1.55. The summed E-state index contributed by atoms with van der Waals surface area (Å²) >= 11 is 0. The molecule has 0 unspecified atom stereocenters. The highest BCUT2D eigenvalue weighted by atomic mass is 16.5. The van der Waals surface area contributed by atoms with E-state index in [1.165, 1.54) is 14.2 Å². The van der Waals surface area contributed by atoms with Gasteiger partial charge in [-0.15, -0.1) is 0 Å². The van der Waals surface area contributed by atoms with Crippen molar-refractivity contribution >= 4 is 5.97 Å². The summed E-state index contributed by atoms with van der Waals surface area (Å²) in [6, 6.07) is 5.17. The lowest BCUT2D eigenvalue weighted by molar-refractivity contribution is -0.142. The molecule has 0 saturated heterocycles. The molecular formula is C13H15NO4. The van der Waals surface area contributed by atoms with Gasteiger partial charge in [0.25, 0.3) is 0 Å². The van der Waals surface area contributed by atoms with E-state index in [4.69, 9.17) is 19.5 Å². The van der Waals surface area contributed by atoms with E-state index in [-0.39, 0.29) is 12.4 Å². The minimum atomic E-state index is -0.345. The fraction of sp³-hybridized carbons (Fsp3) is 0.385. The molecule has 0 atom stereocenters. The number of methoxy groups -OCH3 is 2. The monoisotopic (exact) mass is 249 g/mol. The molecule has 1 aromatic rings. The van der Waals surface area contributed by atoms with Crippen LogP contribution in [0.3, 0.4) is 0 Å². The Bertz CT molecular complexity index is 477. The Labute approximate surface area is 106 Å². The predicted octanol–water partition coefficient (Wildman–Crippen LogP) is 1.68.